The number of benzene rings is 2. The van der Waals surface area contributed by atoms with Crippen LogP contribution >= 0.6 is 11.3 Å². The van der Waals surface area contributed by atoms with E-state index < -0.39 is 10.0 Å². The molecule has 180 valence electrons. The Balaban J connectivity index is 1.58. The van der Waals surface area contributed by atoms with Crippen molar-refractivity contribution in [3.63, 3.8) is 0 Å². The van der Waals surface area contributed by atoms with E-state index in [1.165, 1.54) is 16.4 Å². The van der Waals surface area contributed by atoms with Crippen molar-refractivity contribution in [1.82, 2.24) is 9.21 Å². The molecule has 3 aromatic rings. The molecule has 0 atom stereocenters. The summed E-state index contributed by atoms with van der Waals surface area (Å²) in [7, 11) is -3.81. The van der Waals surface area contributed by atoms with Gasteiger partial charge in [-0.3, -0.25) is 4.79 Å². The third-order valence-electron chi connectivity index (χ3n) is 5.91. The minimum absolute atomic E-state index is 0.200. The zero-order valence-electron chi connectivity index (χ0n) is 19.4. The second kappa shape index (κ2) is 10.4. The molecule has 1 fully saturated rings. The maximum Gasteiger partial charge on any atom is 0.243 e. The van der Waals surface area contributed by atoms with Gasteiger partial charge in [0.05, 0.1) is 18.0 Å². The topological polar surface area (TPSA) is 57.7 Å². The van der Waals surface area contributed by atoms with E-state index in [4.69, 9.17) is 0 Å². The first-order valence-corrected chi connectivity index (χ1v) is 13.6. The Morgan fingerprint density at radius 2 is 1.65 bits per heavy atom. The molecule has 0 spiro atoms. The molecule has 8 heteroatoms. The van der Waals surface area contributed by atoms with Crippen LogP contribution in [0.5, 0.6) is 0 Å². The fourth-order valence-corrected chi connectivity index (χ4v) is 6.12. The summed E-state index contributed by atoms with van der Waals surface area (Å²) >= 11 is 1.60. The number of aryl methyl sites for hydroxylation is 2. The van der Waals surface area contributed by atoms with E-state index in [-0.39, 0.29) is 29.7 Å². The van der Waals surface area contributed by atoms with Crippen molar-refractivity contribution in [2.24, 2.45) is 5.92 Å². The van der Waals surface area contributed by atoms with Crippen LogP contribution in [0.3, 0.4) is 0 Å². The quantitative estimate of drug-likeness (QED) is 0.388. The number of hydrogen-bond donors (Lipinski definition) is 0. The SMILES string of the molecule is Cc1ccc(S(=O)(=O)N(CC(=O)N(Cc2ccc(F)cc2)Cc2ccc(C)s2)CC2CC2)cc1. The van der Waals surface area contributed by atoms with Gasteiger partial charge in [0.25, 0.3) is 0 Å². The van der Waals surface area contributed by atoms with Crippen molar-refractivity contribution < 1.29 is 17.6 Å². The van der Waals surface area contributed by atoms with E-state index in [0.29, 0.717) is 19.0 Å². The van der Waals surface area contributed by atoms with E-state index in [1.54, 1.807) is 52.6 Å². The molecule has 1 saturated carbocycles. The highest BCUT2D eigenvalue weighted by molar-refractivity contribution is 7.89. The fourth-order valence-electron chi connectivity index (χ4n) is 3.75. The number of rotatable bonds is 10. The molecule has 5 nitrogen and oxygen atoms in total. The van der Waals surface area contributed by atoms with Crippen LogP contribution in [0.2, 0.25) is 0 Å². The van der Waals surface area contributed by atoms with E-state index in [0.717, 1.165) is 33.7 Å². The molecule has 4 rings (SSSR count). The molecule has 1 aromatic heterocycles. The van der Waals surface area contributed by atoms with E-state index in [2.05, 4.69) is 0 Å². The summed E-state index contributed by atoms with van der Waals surface area (Å²) in [6, 6.07) is 16.8. The monoisotopic (exact) mass is 500 g/mol. The van der Waals surface area contributed by atoms with Gasteiger partial charge >= 0.3 is 0 Å². The average Bonchev–Trinajstić information content (AvgIpc) is 3.53. The first-order valence-electron chi connectivity index (χ1n) is 11.3. The van der Waals surface area contributed by atoms with Gasteiger partial charge in [-0.25, -0.2) is 12.8 Å². The van der Waals surface area contributed by atoms with Gasteiger partial charge in [0.2, 0.25) is 15.9 Å². The summed E-state index contributed by atoms with van der Waals surface area (Å²) < 4.78 is 41.6. The molecule has 1 heterocycles. The largest absolute Gasteiger partial charge is 0.332 e. The second-order valence-electron chi connectivity index (χ2n) is 8.94. The van der Waals surface area contributed by atoms with Gasteiger partial charge in [0, 0.05) is 22.8 Å². The van der Waals surface area contributed by atoms with Crippen molar-refractivity contribution in [3.8, 4) is 0 Å². The van der Waals surface area contributed by atoms with Crippen molar-refractivity contribution in [2.75, 3.05) is 13.1 Å². The van der Waals surface area contributed by atoms with E-state index >= 15 is 0 Å². The van der Waals surface area contributed by atoms with Crippen molar-refractivity contribution >= 4 is 27.3 Å². The predicted molar refractivity (Wildman–Crippen MR) is 132 cm³/mol. The standard InChI is InChI=1S/C26H29FN2O3S2/c1-19-3-13-25(14-4-19)34(31,32)29(16-22-6-7-22)18-26(30)28(17-24-12-5-20(2)33-24)15-21-8-10-23(27)11-9-21/h3-5,8-14,22H,6-7,15-18H2,1-2H3. The smallest absolute Gasteiger partial charge is 0.243 e. The summed E-state index contributed by atoms with van der Waals surface area (Å²) in [5.74, 6) is -0.319. The Hall–Kier alpha value is -2.55. The van der Waals surface area contributed by atoms with Gasteiger partial charge in [-0.2, -0.15) is 4.31 Å². The highest BCUT2D eigenvalue weighted by Crippen LogP contribution is 2.32. The Labute approximate surface area is 204 Å². The molecule has 1 amide bonds. The van der Waals surface area contributed by atoms with E-state index in [9.17, 15) is 17.6 Å². The highest BCUT2D eigenvalue weighted by Gasteiger charge is 2.34. The first kappa shape index (κ1) is 24.6. The molecule has 1 aliphatic carbocycles. The van der Waals surface area contributed by atoms with Crippen LogP contribution in [0.4, 0.5) is 4.39 Å². The lowest BCUT2D eigenvalue weighted by Crippen LogP contribution is -2.43. The minimum atomic E-state index is -3.81. The number of nitrogens with zero attached hydrogens (tertiary/aromatic N) is 2. The molecule has 1 aliphatic rings. The van der Waals surface area contributed by atoms with Crippen LogP contribution in [-0.4, -0.2) is 36.6 Å². The average molecular weight is 501 g/mol. The molecule has 0 saturated heterocycles. The van der Waals surface area contributed by atoms with Crippen LogP contribution in [0.25, 0.3) is 0 Å². The molecular formula is C26H29FN2O3S2. The number of carbonyl (C=O) groups is 1. The third kappa shape index (κ3) is 6.31. The second-order valence-corrected chi connectivity index (χ2v) is 12.3. The van der Waals surface area contributed by atoms with E-state index in [1.807, 2.05) is 26.0 Å². The molecule has 0 radical (unpaired) electrons. The lowest BCUT2D eigenvalue weighted by molar-refractivity contribution is -0.132. The molecular weight excluding hydrogens is 471 g/mol. The van der Waals surface area contributed by atoms with Gasteiger partial charge in [-0.05, 0) is 74.6 Å². The molecule has 0 N–H and O–H groups in total. The molecule has 0 aliphatic heterocycles. The van der Waals surface area contributed by atoms with Gasteiger partial charge in [0.1, 0.15) is 5.82 Å². The minimum Gasteiger partial charge on any atom is -0.332 e. The normalized spacial score (nSPS) is 13.9. The third-order valence-corrected chi connectivity index (χ3v) is 8.72. The molecule has 2 aromatic carbocycles. The number of halogens is 1. The molecule has 0 unspecified atom stereocenters. The number of amides is 1. The highest BCUT2D eigenvalue weighted by atomic mass is 32.2. The Morgan fingerprint density at radius 1 is 0.971 bits per heavy atom. The Morgan fingerprint density at radius 3 is 2.24 bits per heavy atom. The summed E-state index contributed by atoms with van der Waals surface area (Å²) in [4.78, 5) is 17.5. The maximum atomic E-state index is 13.5. The van der Waals surface area contributed by atoms with Gasteiger partial charge < -0.3 is 4.90 Å². The summed E-state index contributed by atoms with van der Waals surface area (Å²) in [6.07, 6.45) is 1.95. The lowest BCUT2D eigenvalue weighted by atomic mass is 10.2. The van der Waals surface area contributed by atoms with Crippen molar-refractivity contribution in [2.45, 2.75) is 44.7 Å². The van der Waals surface area contributed by atoms with Crippen LogP contribution < -0.4 is 0 Å². The zero-order valence-corrected chi connectivity index (χ0v) is 21.0. The fraction of sp³-hybridized carbons (Fsp3) is 0.346. The molecule has 0 bridgehead atoms. The summed E-state index contributed by atoms with van der Waals surface area (Å²) in [5, 5.41) is 0. The van der Waals surface area contributed by atoms with Crippen LogP contribution in [-0.2, 0) is 27.9 Å². The number of hydrogen-bond acceptors (Lipinski definition) is 4. The van der Waals surface area contributed by atoms with Gasteiger partial charge in [-0.1, -0.05) is 29.8 Å². The summed E-state index contributed by atoms with van der Waals surface area (Å²) in [5.41, 5.74) is 1.76. The number of sulfonamides is 1. The van der Waals surface area contributed by atoms with Crippen LogP contribution in [0.1, 0.15) is 33.7 Å². The Bertz CT molecular complexity index is 1230. The van der Waals surface area contributed by atoms with Gasteiger partial charge in [-0.15, -0.1) is 11.3 Å². The molecule has 34 heavy (non-hydrogen) atoms. The zero-order chi connectivity index (χ0) is 24.3. The summed E-state index contributed by atoms with van der Waals surface area (Å²) in [6.45, 7) is 4.67. The lowest BCUT2D eigenvalue weighted by Gasteiger charge is -2.27. The first-order chi connectivity index (χ1) is 16.2. The van der Waals surface area contributed by atoms with Gasteiger partial charge in [0.15, 0.2) is 0 Å². The number of carbonyl (C=O) groups excluding carboxylic acids is 1. The van der Waals surface area contributed by atoms with Crippen LogP contribution in [0.15, 0.2) is 65.6 Å². The number of thiophene rings is 1. The van der Waals surface area contributed by atoms with Crippen LogP contribution in [0, 0.1) is 25.6 Å². The van der Waals surface area contributed by atoms with Crippen molar-refractivity contribution in [3.05, 3.63) is 87.4 Å². The van der Waals surface area contributed by atoms with Crippen molar-refractivity contribution in [1.29, 1.82) is 0 Å². The maximum absolute atomic E-state index is 13.5. The predicted octanol–water partition coefficient (Wildman–Crippen LogP) is 5.13. The Kier molecular flexibility index (Phi) is 7.50.